The van der Waals surface area contributed by atoms with Crippen molar-refractivity contribution in [3.05, 3.63) is 89.9 Å². The molecular weight excluding hydrogens is 465 g/mol. The van der Waals surface area contributed by atoms with Gasteiger partial charge in [-0.15, -0.1) is 0 Å². The highest BCUT2D eigenvalue weighted by molar-refractivity contribution is 6.05. The zero-order valence-corrected chi connectivity index (χ0v) is 19.9. The van der Waals surface area contributed by atoms with Crippen LogP contribution in [0.15, 0.2) is 72.8 Å². The van der Waals surface area contributed by atoms with Crippen LogP contribution in [0.1, 0.15) is 27.8 Å². The third-order valence-electron chi connectivity index (χ3n) is 5.31. The normalized spacial score (nSPS) is 10.6. The highest BCUT2D eigenvalue weighted by Crippen LogP contribution is 2.29. The van der Waals surface area contributed by atoms with Gasteiger partial charge in [0, 0.05) is 16.8 Å². The van der Waals surface area contributed by atoms with Crippen LogP contribution in [0.4, 0.5) is 10.1 Å². The minimum absolute atomic E-state index is 0.0795. The lowest BCUT2D eigenvalue weighted by Crippen LogP contribution is -2.12. The molecule has 184 valence electrons. The Morgan fingerprint density at radius 1 is 0.944 bits per heavy atom. The first-order chi connectivity index (χ1) is 17.4. The van der Waals surface area contributed by atoms with Gasteiger partial charge in [-0.25, -0.2) is 13.9 Å². The zero-order chi connectivity index (χ0) is 25.7. The van der Waals surface area contributed by atoms with Gasteiger partial charge in [0.1, 0.15) is 5.82 Å². The van der Waals surface area contributed by atoms with Crippen molar-refractivity contribution in [1.29, 1.82) is 0 Å². The van der Waals surface area contributed by atoms with Gasteiger partial charge in [0.25, 0.3) is 5.91 Å². The number of aromatic nitrogens is 2. The Morgan fingerprint density at radius 3 is 2.44 bits per heavy atom. The molecule has 4 rings (SSSR count). The first-order valence-corrected chi connectivity index (χ1v) is 11.1. The van der Waals surface area contributed by atoms with Crippen LogP contribution in [0.3, 0.4) is 0 Å². The van der Waals surface area contributed by atoms with Crippen LogP contribution in [-0.2, 0) is 4.74 Å². The molecule has 0 atom stereocenters. The van der Waals surface area contributed by atoms with E-state index in [1.165, 1.54) is 31.0 Å². The number of anilines is 1. The van der Waals surface area contributed by atoms with E-state index in [0.29, 0.717) is 39.7 Å². The summed E-state index contributed by atoms with van der Waals surface area (Å²) in [6.07, 6.45) is 0. The second-order valence-electron chi connectivity index (χ2n) is 7.63. The van der Waals surface area contributed by atoms with E-state index in [-0.39, 0.29) is 18.2 Å². The molecular formula is C27H24FN3O5. The lowest BCUT2D eigenvalue weighted by atomic mass is 10.1. The number of ether oxygens (including phenoxy) is 3. The summed E-state index contributed by atoms with van der Waals surface area (Å²) < 4.78 is 31.0. The Bertz CT molecular complexity index is 1420. The van der Waals surface area contributed by atoms with E-state index < -0.39 is 11.8 Å². The molecule has 8 nitrogen and oxygen atoms in total. The molecule has 0 saturated heterocycles. The third kappa shape index (κ3) is 5.20. The molecule has 0 aliphatic carbocycles. The number of hydrogen-bond acceptors (Lipinski definition) is 6. The molecule has 9 heteroatoms. The lowest BCUT2D eigenvalue weighted by Gasteiger charge is -2.11. The van der Waals surface area contributed by atoms with Gasteiger partial charge in [-0.3, -0.25) is 4.79 Å². The standard InChI is InChI=1S/C27H24FN3O5/c1-4-36-27(33)22-16-23(31(30-22)21-10-6-8-19(28)15-21)17-7-5-9-20(13-17)29-26(32)18-11-12-24(34-2)25(14-18)35-3/h5-16H,4H2,1-3H3,(H,29,32). The van der Waals surface area contributed by atoms with Gasteiger partial charge < -0.3 is 19.5 Å². The average Bonchev–Trinajstić information content (AvgIpc) is 3.34. The zero-order valence-electron chi connectivity index (χ0n) is 19.9. The molecule has 1 amide bonds. The Hall–Kier alpha value is -4.66. The summed E-state index contributed by atoms with van der Waals surface area (Å²) in [4.78, 5) is 25.3. The number of halogens is 1. The predicted octanol–water partition coefficient (Wildman–Crippen LogP) is 5.12. The van der Waals surface area contributed by atoms with Crippen LogP contribution in [0.2, 0.25) is 0 Å². The topological polar surface area (TPSA) is 91.7 Å². The summed E-state index contributed by atoms with van der Waals surface area (Å²) in [5.41, 5.74) is 2.57. The van der Waals surface area contributed by atoms with Crippen molar-refractivity contribution in [2.45, 2.75) is 6.92 Å². The fraction of sp³-hybridized carbons (Fsp3) is 0.148. The summed E-state index contributed by atoms with van der Waals surface area (Å²) in [6.45, 7) is 1.89. The summed E-state index contributed by atoms with van der Waals surface area (Å²) in [5, 5.41) is 7.21. The van der Waals surface area contributed by atoms with E-state index in [9.17, 15) is 14.0 Å². The second kappa shape index (κ2) is 10.7. The molecule has 0 spiro atoms. The fourth-order valence-electron chi connectivity index (χ4n) is 3.63. The Morgan fingerprint density at radius 2 is 1.72 bits per heavy atom. The van der Waals surface area contributed by atoms with Gasteiger partial charge in [0.15, 0.2) is 17.2 Å². The molecule has 4 aromatic rings. The van der Waals surface area contributed by atoms with Crippen molar-refractivity contribution in [1.82, 2.24) is 9.78 Å². The molecule has 1 heterocycles. The van der Waals surface area contributed by atoms with Gasteiger partial charge in [-0.05, 0) is 61.5 Å². The Labute approximate surface area is 207 Å². The van der Waals surface area contributed by atoms with Crippen molar-refractivity contribution in [2.75, 3.05) is 26.1 Å². The van der Waals surface area contributed by atoms with E-state index in [0.717, 1.165) is 0 Å². The van der Waals surface area contributed by atoms with E-state index in [1.54, 1.807) is 67.6 Å². The highest BCUT2D eigenvalue weighted by Gasteiger charge is 2.19. The van der Waals surface area contributed by atoms with Crippen molar-refractivity contribution in [3.8, 4) is 28.4 Å². The summed E-state index contributed by atoms with van der Waals surface area (Å²) >= 11 is 0. The van der Waals surface area contributed by atoms with Gasteiger partial charge in [0.05, 0.1) is 32.2 Å². The minimum Gasteiger partial charge on any atom is -0.493 e. The molecule has 3 aromatic carbocycles. The van der Waals surface area contributed by atoms with Crippen LogP contribution in [0.25, 0.3) is 16.9 Å². The number of rotatable bonds is 8. The molecule has 0 radical (unpaired) electrons. The van der Waals surface area contributed by atoms with Crippen molar-refractivity contribution < 1.29 is 28.2 Å². The largest absolute Gasteiger partial charge is 0.493 e. The number of hydrogen-bond donors (Lipinski definition) is 1. The van der Waals surface area contributed by atoms with Crippen LogP contribution in [0.5, 0.6) is 11.5 Å². The maximum atomic E-state index is 13.9. The van der Waals surface area contributed by atoms with E-state index in [4.69, 9.17) is 14.2 Å². The van der Waals surface area contributed by atoms with Crippen LogP contribution in [0, 0.1) is 5.82 Å². The summed E-state index contributed by atoms with van der Waals surface area (Å²) in [5.74, 6) is -0.434. The number of nitrogens with zero attached hydrogens (tertiary/aromatic N) is 2. The number of carbonyl (C=O) groups is 2. The van der Waals surface area contributed by atoms with E-state index in [2.05, 4.69) is 10.4 Å². The molecule has 1 N–H and O–H groups in total. The number of benzene rings is 3. The SMILES string of the molecule is CCOC(=O)c1cc(-c2cccc(NC(=O)c3ccc(OC)c(OC)c3)c2)n(-c2cccc(F)c2)n1. The van der Waals surface area contributed by atoms with Gasteiger partial charge in [-0.1, -0.05) is 18.2 Å². The molecule has 0 unspecified atom stereocenters. The molecule has 0 bridgehead atoms. The maximum absolute atomic E-state index is 13.9. The van der Waals surface area contributed by atoms with Crippen LogP contribution >= 0.6 is 0 Å². The van der Waals surface area contributed by atoms with Crippen LogP contribution < -0.4 is 14.8 Å². The number of carbonyl (C=O) groups excluding carboxylic acids is 2. The third-order valence-corrected chi connectivity index (χ3v) is 5.31. The Balaban J connectivity index is 1.69. The average molecular weight is 490 g/mol. The quantitative estimate of drug-likeness (QED) is 0.345. The van der Waals surface area contributed by atoms with E-state index in [1.807, 2.05) is 0 Å². The van der Waals surface area contributed by atoms with Crippen molar-refractivity contribution in [2.24, 2.45) is 0 Å². The first-order valence-electron chi connectivity index (χ1n) is 11.1. The lowest BCUT2D eigenvalue weighted by molar-refractivity contribution is 0.0519. The molecule has 36 heavy (non-hydrogen) atoms. The van der Waals surface area contributed by atoms with Gasteiger partial charge in [-0.2, -0.15) is 5.10 Å². The number of esters is 1. The summed E-state index contributed by atoms with van der Waals surface area (Å²) in [6, 6.07) is 19.3. The van der Waals surface area contributed by atoms with Crippen molar-refractivity contribution in [3.63, 3.8) is 0 Å². The number of nitrogens with one attached hydrogen (secondary N) is 1. The fourth-order valence-corrected chi connectivity index (χ4v) is 3.63. The number of amides is 1. The van der Waals surface area contributed by atoms with Crippen LogP contribution in [-0.4, -0.2) is 42.5 Å². The van der Waals surface area contributed by atoms with E-state index >= 15 is 0 Å². The predicted molar refractivity (Wildman–Crippen MR) is 132 cm³/mol. The number of methoxy groups -OCH3 is 2. The monoisotopic (exact) mass is 489 g/mol. The van der Waals surface area contributed by atoms with Crippen molar-refractivity contribution >= 4 is 17.6 Å². The first kappa shape index (κ1) is 24.5. The van der Waals surface area contributed by atoms with Gasteiger partial charge in [0.2, 0.25) is 0 Å². The summed E-state index contributed by atoms with van der Waals surface area (Å²) in [7, 11) is 3.01. The molecule has 1 aromatic heterocycles. The molecule has 0 aliphatic rings. The molecule has 0 aliphatic heterocycles. The maximum Gasteiger partial charge on any atom is 0.358 e. The minimum atomic E-state index is -0.591. The van der Waals surface area contributed by atoms with Gasteiger partial charge >= 0.3 is 5.97 Å². The molecule has 0 fully saturated rings. The molecule has 0 saturated carbocycles. The smallest absolute Gasteiger partial charge is 0.358 e. The Kier molecular flexibility index (Phi) is 7.29. The highest BCUT2D eigenvalue weighted by atomic mass is 19.1. The second-order valence-corrected chi connectivity index (χ2v) is 7.63.